The van der Waals surface area contributed by atoms with E-state index >= 15 is 0 Å². The van der Waals surface area contributed by atoms with Gasteiger partial charge in [0.25, 0.3) is 0 Å². The Hall–Kier alpha value is -8.19. The summed E-state index contributed by atoms with van der Waals surface area (Å²) in [7, 11) is 0. The second-order valence-electron chi connectivity index (χ2n) is 16.3. The fraction of sp³-hybridized carbons (Fsp3) is 0. The van der Waals surface area contributed by atoms with Gasteiger partial charge in [0.1, 0.15) is 11.2 Å². The molecule has 14 rings (SSSR count). The van der Waals surface area contributed by atoms with Gasteiger partial charge in [0.05, 0.1) is 22.1 Å². The van der Waals surface area contributed by atoms with E-state index in [9.17, 15) is 0 Å². The first-order chi connectivity index (χ1) is 31.2. The Morgan fingerprint density at radius 2 is 0.984 bits per heavy atom. The van der Waals surface area contributed by atoms with Crippen molar-refractivity contribution < 1.29 is 4.42 Å². The van der Waals surface area contributed by atoms with E-state index in [1.54, 1.807) is 0 Å². The molecule has 0 amide bonds. The van der Waals surface area contributed by atoms with E-state index in [-0.39, 0.29) is 0 Å². The highest BCUT2D eigenvalue weighted by Crippen LogP contribution is 2.44. The van der Waals surface area contributed by atoms with Crippen LogP contribution in [0, 0.1) is 0 Å². The molecule has 63 heavy (non-hydrogen) atoms. The van der Waals surface area contributed by atoms with Crippen LogP contribution in [0.25, 0.3) is 136 Å². The first-order valence-corrected chi connectivity index (χ1v) is 22.0. The minimum absolute atomic E-state index is 0.613. The molecule has 5 nitrogen and oxygen atoms in total. The van der Waals surface area contributed by atoms with Gasteiger partial charge in [-0.05, 0) is 87.6 Å². The van der Waals surface area contributed by atoms with E-state index in [1.807, 2.05) is 29.5 Å². The molecule has 0 N–H and O–H groups in total. The lowest BCUT2D eigenvalue weighted by Crippen LogP contribution is -2.00. The van der Waals surface area contributed by atoms with Gasteiger partial charge in [-0.1, -0.05) is 133 Å². The van der Waals surface area contributed by atoms with Gasteiger partial charge in [-0.15, -0.1) is 11.3 Å². The number of hydrogen-bond acceptors (Lipinski definition) is 5. The summed E-state index contributed by atoms with van der Waals surface area (Å²) in [5.41, 5.74) is 7.86. The van der Waals surface area contributed by atoms with Crippen molar-refractivity contribution in [1.29, 1.82) is 0 Å². The molecule has 0 aliphatic carbocycles. The summed E-state index contributed by atoms with van der Waals surface area (Å²) < 4.78 is 11.8. The van der Waals surface area contributed by atoms with Gasteiger partial charge in [-0.25, -0.2) is 15.0 Å². The lowest BCUT2D eigenvalue weighted by Gasteiger charge is -2.12. The molecule has 0 saturated heterocycles. The molecule has 4 heterocycles. The molecule has 0 unspecified atom stereocenters. The van der Waals surface area contributed by atoms with E-state index in [4.69, 9.17) is 19.4 Å². The van der Waals surface area contributed by atoms with Crippen LogP contribution >= 0.6 is 11.3 Å². The highest BCUT2D eigenvalue weighted by Gasteiger charge is 2.22. The first-order valence-electron chi connectivity index (χ1n) is 21.2. The fourth-order valence-electron chi connectivity index (χ4n) is 9.87. The number of furan rings is 1. The number of thiophene rings is 1. The van der Waals surface area contributed by atoms with Crippen LogP contribution in [0.2, 0.25) is 0 Å². The molecular weight excluding hydrogens is 789 g/mol. The van der Waals surface area contributed by atoms with Crippen LogP contribution in [0.5, 0.6) is 0 Å². The van der Waals surface area contributed by atoms with Gasteiger partial charge in [0.2, 0.25) is 0 Å². The number of benzene rings is 10. The van der Waals surface area contributed by atoms with Gasteiger partial charge in [0.15, 0.2) is 17.5 Å². The monoisotopic (exact) mass is 820 g/mol. The Balaban J connectivity index is 1.03. The molecule has 4 aromatic heterocycles. The van der Waals surface area contributed by atoms with Crippen LogP contribution in [0.3, 0.4) is 0 Å². The fourth-order valence-corrected chi connectivity index (χ4v) is 11.0. The second-order valence-corrected chi connectivity index (χ2v) is 17.4. The average Bonchev–Trinajstić information content (AvgIpc) is 4.03. The van der Waals surface area contributed by atoms with E-state index < -0.39 is 0 Å². The van der Waals surface area contributed by atoms with E-state index in [1.165, 1.54) is 58.0 Å². The lowest BCUT2D eigenvalue weighted by atomic mass is 10.00. The Bertz CT molecular complexity index is 4220. The summed E-state index contributed by atoms with van der Waals surface area (Å²) in [6.07, 6.45) is 0. The normalized spacial score (nSPS) is 12.1. The minimum atomic E-state index is 0.613. The molecule has 14 aromatic rings. The van der Waals surface area contributed by atoms with Crippen LogP contribution in [0.4, 0.5) is 0 Å². The molecular formula is C57H32N4OS. The van der Waals surface area contributed by atoms with Crippen molar-refractivity contribution >= 4 is 108 Å². The topological polar surface area (TPSA) is 56.7 Å². The van der Waals surface area contributed by atoms with Crippen molar-refractivity contribution in [3.05, 3.63) is 194 Å². The molecule has 0 radical (unpaired) electrons. The predicted octanol–water partition coefficient (Wildman–Crippen LogP) is 15.7. The van der Waals surface area contributed by atoms with Gasteiger partial charge in [0, 0.05) is 58.4 Å². The zero-order chi connectivity index (χ0) is 41.2. The van der Waals surface area contributed by atoms with E-state index in [0.29, 0.717) is 17.5 Å². The van der Waals surface area contributed by atoms with Gasteiger partial charge < -0.3 is 8.98 Å². The van der Waals surface area contributed by atoms with Crippen molar-refractivity contribution in [2.75, 3.05) is 0 Å². The Morgan fingerprint density at radius 1 is 0.365 bits per heavy atom. The van der Waals surface area contributed by atoms with Gasteiger partial charge in [-0.2, -0.15) is 0 Å². The Morgan fingerprint density at radius 3 is 1.83 bits per heavy atom. The summed E-state index contributed by atoms with van der Waals surface area (Å²) in [6, 6.07) is 69.2. The van der Waals surface area contributed by atoms with Crippen molar-refractivity contribution in [2.24, 2.45) is 0 Å². The molecule has 0 aliphatic heterocycles. The van der Waals surface area contributed by atoms with Crippen molar-refractivity contribution in [3.63, 3.8) is 0 Å². The SMILES string of the molecule is c1ccc(-c2nc(-c3ccc4sc5ccccc5c4c3)nc(-c3ccc4ccc5oc6cccc(-n7c8cc9ccccc9cc8c8ccc9ccccc9c87)c6c5c4c3)n2)cc1. The van der Waals surface area contributed by atoms with Crippen LogP contribution in [-0.2, 0) is 0 Å². The van der Waals surface area contributed by atoms with Gasteiger partial charge >= 0.3 is 0 Å². The standard InChI is InChI=1S/C57H32N4OS/c1-2-12-35(13-3-1)55-58-56(60-57(59-55)39-25-28-51-45(31-39)41-17-8-9-20-50(41)63-51)38-22-21-34-24-27-49-52(43(34)30-38)53-46(18-10-19-48(53)62-49)61-47-32-37-15-5-4-14-36(37)29-44(47)42-26-23-33-11-6-7-16-40(33)54(42)61/h1-32H. The maximum absolute atomic E-state index is 6.79. The molecule has 0 atom stereocenters. The first kappa shape index (κ1) is 34.5. The third kappa shape index (κ3) is 5.19. The molecule has 0 bridgehead atoms. The molecule has 0 spiro atoms. The summed E-state index contributed by atoms with van der Waals surface area (Å²) in [4.78, 5) is 15.5. The predicted molar refractivity (Wildman–Crippen MR) is 263 cm³/mol. The summed E-state index contributed by atoms with van der Waals surface area (Å²) >= 11 is 1.81. The van der Waals surface area contributed by atoms with Gasteiger partial charge in [-0.3, -0.25) is 0 Å². The van der Waals surface area contributed by atoms with E-state index in [0.717, 1.165) is 60.6 Å². The maximum Gasteiger partial charge on any atom is 0.164 e. The smallest absolute Gasteiger partial charge is 0.164 e. The maximum atomic E-state index is 6.79. The zero-order valence-corrected chi connectivity index (χ0v) is 34.4. The molecule has 292 valence electrons. The quantitative estimate of drug-likeness (QED) is 0.177. The summed E-state index contributed by atoms with van der Waals surface area (Å²) in [5.74, 6) is 1.88. The van der Waals surface area contributed by atoms with Crippen molar-refractivity contribution in [1.82, 2.24) is 19.5 Å². The third-order valence-corrected chi connectivity index (χ3v) is 13.9. The summed E-state index contributed by atoms with van der Waals surface area (Å²) in [6.45, 7) is 0. The molecule has 0 saturated carbocycles. The third-order valence-electron chi connectivity index (χ3n) is 12.8. The van der Waals surface area contributed by atoms with Crippen LogP contribution in [0.15, 0.2) is 199 Å². The summed E-state index contributed by atoms with van der Waals surface area (Å²) in [5, 5.41) is 14.0. The number of hydrogen-bond donors (Lipinski definition) is 0. The number of aromatic nitrogens is 4. The minimum Gasteiger partial charge on any atom is -0.456 e. The number of nitrogens with zero attached hydrogens (tertiary/aromatic N) is 4. The molecule has 10 aromatic carbocycles. The van der Waals surface area contributed by atoms with Crippen LogP contribution in [-0.4, -0.2) is 19.5 Å². The van der Waals surface area contributed by atoms with Crippen molar-refractivity contribution in [3.8, 4) is 39.9 Å². The van der Waals surface area contributed by atoms with E-state index in [2.05, 4.69) is 180 Å². The van der Waals surface area contributed by atoms with Crippen LogP contribution in [0.1, 0.15) is 0 Å². The Labute approximate surface area is 363 Å². The zero-order valence-electron chi connectivity index (χ0n) is 33.6. The number of rotatable bonds is 4. The average molecular weight is 821 g/mol. The van der Waals surface area contributed by atoms with Crippen LogP contribution < -0.4 is 0 Å². The lowest BCUT2D eigenvalue weighted by molar-refractivity contribution is 0.669. The molecule has 6 heteroatoms. The highest BCUT2D eigenvalue weighted by atomic mass is 32.1. The van der Waals surface area contributed by atoms with Crippen molar-refractivity contribution in [2.45, 2.75) is 0 Å². The Kier molecular flexibility index (Phi) is 7.21. The largest absolute Gasteiger partial charge is 0.456 e. The highest BCUT2D eigenvalue weighted by molar-refractivity contribution is 7.25. The molecule has 0 fully saturated rings. The number of fused-ring (bicyclic) bond motifs is 14. The molecule has 0 aliphatic rings. The second kappa shape index (κ2) is 13.2.